The lowest BCUT2D eigenvalue weighted by Crippen LogP contribution is -2.35. The Kier molecular flexibility index (Phi) is 6.33. The average Bonchev–Trinajstić information content (AvgIpc) is 2.47. The summed E-state index contributed by atoms with van der Waals surface area (Å²) >= 11 is 3.73. The molecule has 0 atom stereocenters. The summed E-state index contributed by atoms with van der Waals surface area (Å²) in [4.78, 5) is 2.48. The Labute approximate surface area is 130 Å². The minimum atomic E-state index is 0.725. The highest BCUT2D eigenvalue weighted by atomic mass is 79.9. The van der Waals surface area contributed by atoms with Gasteiger partial charge in [-0.2, -0.15) is 0 Å². The predicted molar refractivity (Wildman–Crippen MR) is 88.3 cm³/mol. The SMILES string of the molecule is CCNCc1ccc(N2CCC(COC)CC2)c(Br)c1. The Bertz CT molecular complexity index is 417. The maximum absolute atomic E-state index is 5.26. The van der Waals surface area contributed by atoms with Gasteiger partial charge in [-0.1, -0.05) is 13.0 Å². The van der Waals surface area contributed by atoms with Crippen LogP contribution in [-0.4, -0.2) is 33.4 Å². The molecule has 1 aliphatic rings. The molecule has 0 amide bonds. The van der Waals surface area contributed by atoms with Crippen LogP contribution in [0.2, 0.25) is 0 Å². The van der Waals surface area contributed by atoms with E-state index in [1.807, 2.05) is 0 Å². The highest BCUT2D eigenvalue weighted by Gasteiger charge is 2.20. The van der Waals surface area contributed by atoms with E-state index in [9.17, 15) is 0 Å². The summed E-state index contributed by atoms with van der Waals surface area (Å²) in [6, 6.07) is 6.70. The van der Waals surface area contributed by atoms with Gasteiger partial charge in [0.2, 0.25) is 0 Å². The molecule has 0 aliphatic carbocycles. The van der Waals surface area contributed by atoms with Crippen LogP contribution in [0.15, 0.2) is 22.7 Å². The zero-order valence-corrected chi connectivity index (χ0v) is 14.1. The smallest absolute Gasteiger partial charge is 0.0510 e. The molecule has 1 heterocycles. The first-order chi connectivity index (χ1) is 9.74. The molecule has 112 valence electrons. The van der Waals surface area contributed by atoms with E-state index in [4.69, 9.17) is 4.74 Å². The van der Waals surface area contributed by atoms with Crippen LogP contribution < -0.4 is 10.2 Å². The Morgan fingerprint density at radius 1 is 1.35 bits per heavy atom. The number of nitrogens with one attached hydrogen (secondary N) is 1. The minimum Gasteiger partial charge on any atom is -0.384 e. The van der Waals surface area contributed by atoms with Crippen molar-refractivity contribution in [2.24, 2.45) is 5.92 Å². The van der Waals surface area contributed by atoms with Crippen LogP contribution in [0.25, 0.3) is 0 Å². The third-order valence-electron chi connectivity index (χ3n) is 3.95. The van der Waals surface area contributed by atoms with Gasteiger partial charge in [-0.05, 0) is 58.9 Å². The van der Waals surface area contributed by atoms with Crippen molar-refractivity contribution in [3.63, 3.8) is 0 Å². The van der Waals surface area contributed by atoms with Gasteiger partial charge in [0.05, 0.1) is 5.69 Å². The second-order valence-electron chi connectivity index (χ2n) is 5.45. The monoisotopic (exact) mass is 340 g/mol. The van der Waals surface area contributed by atoms with Crippen molar-refractivity contribution in [2.45, 2.75) is 26.3 Å². The van der Waals surface area contributed by atoms with Gasteiger partial charge in [0.15, 0.2) is 0 Å². The topological polar surface area (TPSA) is 24.5 Å². The third kappa shape index (κ3) is 4.21. The van der Waals surface area contributed by atoms with Crippen LogP contribution in [-0.2, 0) is 11.3 Å². The third-order valence-corrected chi connectivity index (χ3v) is 4.58. The number of nitrogens with zero attached hydrogens (tertiary/aromatic N) is 1. The van der Waals surface area contributed by atoms with Crippen LogP contribution in [0.3, 0.4) is 0 Å². The van der Waals surface area contributed by atoms with E-state index in [0.29, 0.717) is 0 Å². The maximum atomic E-state index is 5.26. The lowest BCUT2D eigenvalue weighted by atomic mass is 9.97. The van der Waals surface area contributed by atoms with E-state index >= 15 is 0 Å². The van der Waals surface area contributed by atoms with Gasteiger partial charge in [-0.15, -0.1) is 0 Å². The molecule has 0 unspecified atom stereocenters. The first-order valence-corrected chi connectivity index (χ1v) is 8.27. The summed E-state index contributed by atoms with van der Waals surface area (Å²) in [6.45, 7) is 7.22. The van der Waals surface area contributed by atoms with Crippen molar-refractivity contribution >= 4 is 21.6 Å². The van der Waals surface area contributed by atoms with E-state index in [1.165, 1.54) is 28.6 Å². The molecule has 2 rings (SSSR count). The largest absolute Gasteiger partial charge is 0.384 e. The van der Waals surface area contributed by atoms with Crippen LogP contribution in [0.4, 0.5) is 5.69 Å². The molecule has 1 aliphatic heterocycles. The summed E-state index contributed by atoms with van der Waals surface area (Å²) in [5, 5.41) is 3.36. The Balaban J connectivity index is 1.96. The van der Waals surface area contributed by atoms with Crippen molar-refractivity contribution in [1.82, 2.24) is 5.32 Å². The van der Waals surface area contributed by atoms with Crippen molar-refractivity contribution in [3.05, 3.63) is 28.2 Å². The Morgan fingerprint density at radius 2 is 2.10 bits per heavy atom. The van der Waals surface area contributed by atoms with E-state index in [2.05, 4.69) is 51.3 Å². The summed E-state index contributed by atoms with van der Waals surface area (Å²) in [6.07, 6.45) is 2.44. The van der Waals surface area contributed by atoms with Gasteiger partial charge in [0, 0.05) is 37.8 Å². The minimum absolute atomic E-state index is 0.725. The summed E-state index contributed by atoms with van der Waals surface area (Å²) < 4.78 is 6.47. The number of methoxy groups -OCH3 is 1. The van der Waals surface area contributed by atoms with Gasteiger partial charge in [0.1, 0.15) is 0 Å². The van der Waals surface area contributed by atoms with Crippen LogP contribution in [0.5, 0.6) is 0 Å². The quantitative estimate of drug-likeness (QED) is 0.858. The van der Waals surface area contributed by atoms with Gasteiger partial charge in [-0.3, -0.25) is 0 Å². The summed E-state index contributed by atoms with van der Waals surface area (Å²) in [7, 11) is 1.80. The van der Waals surface area contributed by atoms with Crippen LogP contribution >= 0.6 is 15.9 Å². The molecule has 1 saturated heterocycles. The Hall–Kier alpha value is -0.580. The van der Waals surface area contributed by atoms with Crippen molar-refractivity contribution in [1.29, 1.82) is 0 Å². The number of hydrogen-bond donors (Lipinski definition) is 1. The molecule has 1 fully saturated rings. The molecule has 1 N–H and O–H groups in total. The number of benzene rings is 1. The molecule has 0 aromatic heterocycles. The van der Waals surface area contributed by atoms with Crippen molar-refractivity contribution in [3.8, 4) is 0 Å². The fraction of sp³-hybridized carbons (Fsp3) is 0.625. The summed E-state index contributed by atoms with van der Waals surface area (Å²) in [5.41, 5.74) is 2.65. The second kappa shape index (κ2) is 8.01. The lowest BCUT2D eigenvalue weighted by Gasteiger charge is -2.34. The standard InChI is InChI=1S/C16H25BrN2O/c1-3-18-11-14-4-5-16(15(17)10-14)19-8-6-13(7-9-19)12-20-2/h4-5,10,13,18H,3,6-9,11-12H2,1-2H3. The van der Waals surface area contributed by atoms with Crippen LogP contribution in [0, 0.1) is 5.92 Å². The normalized spacial score (nSPS) is 16.6. The lowest BCUT2D eigenvalue weighted by molar-refractivity contribution is 0.139. The number of piperidine rings is 1. The molecule has 3 nitrogen and oxygen atoms in total. The molecule has 0 bridgehead atoms. The molecule has 0 saturated carbocycles. The molecule has 20 heavy (non-hydrogen) atoms. The van der Waals surface area contributed by atoms with Crippen molar-refractivity contribution in [2.75, 3.05) is 38.3 Å². The maximum Gasteiger partial charge on any atom is 0.0510 e. The number of rotatable bonds is 6. The van der Waals surface area contributed by atoms with E-state index in [0.717, 1.165) is 38.7 Å². The average molecular weight is 341 g/mol. The fourth-order valence-corrected chi connectivity index (χ4v) is 3.44. The Morgan fingerprint density at radius 3 is 2.70 bits per heavy atom. The number of halogens is 1. The highest BCUT2D eigenvalue weighted by Crippen LogP contribution is 2.30. The number of ether oxygens (including phenoxy) is 1. The zero-order valence-electron chi connectivity index (χ0n) is 12.5. The van der Waals surface area contributed by atoms with E-state index < -0.39 is 0 Å². The van der Waals surface area contributed by atoms with E-state index in [-0.39, 0.29) is 0 Å². The van der Waals surface area contributed by atoms with Crippen molar-refractivity contribution < 1.29 is 4.74 Å². The molecular formula is C16H25BrN2O. The zero-order chi connectivity index (χ0) is 14.4. The fourth-order valence-electron chi connectivity index (χ4n) is 2.76. The highest BCUT2D eigenvalue weighted by molar-refractivity contribution is 9.10. The first-order valence-electron chi connectivity index (χ1n) is 7.47. The van der Waals surface area contributed by atoms with Gasteiger partial charge in [0.25, 0.3) is 0 Å². The van der Waals surface area contributed by atoms with Gasteiger partial charge < -0.3 is 15.0 Å². The van der Waals surface area contributed by atoms with Crippen LogP contribution in [0.1, 0.15) is 25.3 Å². The molecule has 4 heteroatoms. The molecular weight excluding hydrogens is 316 g/mol. The molecule has 1 aromatic rings. The number of hydrogen-bond acceptors (Lipinski definition) is 3. The number of anilines is 1. The molecule has 1 aromatic carbocycles. The van der Waals surface area contributed by atoms with Gasteiger partial charge >= 0.3 is 0 Å². The molecule has 0 radical (unpaired) electrons. The summed E-state index contributed by atoms with van der Waals surface area (Å²) in [5.74, 6) is 0.725. The molecule has 0 spiro atoms. The second-order valence-corrected chi connectivity index (χ2v) is 6.31. The van der Waals surface area contributed by atoms with E-state index in [1.54, 1.807) is 7.11 Å². The predicted octanol–water partition coefficient (Wildman–Crippen LogP) is 3.42. The van der Waals surface area contributed by atoms with Gasteiger partial charge in [-0.25, -0.2) is 0 Å². The first kappa shape index (κ1) is 15.8.